The maximum absolute atomic E-state index is 13.4. The first-order valence-corrected chi connectivity index (χ1v) is 5.62. The predicted octanol–water partition coefficient (Wildman–Crippen LogP) is 2.97. The summed E-state index contributed by atoms with van der Waals surface area (Å²) in [6, 6.07) is 15.1. The van der Waals surface area contributed by atoms with Gasteiger partial charge in [0, 0.05) is 6.42 Å². The fourth-order valence-electron chi connectivity index (χ4n) is 1.81. The number of nitrogens with zero attached hydrogens (tertiary/aromatic N) is 1. The van der Waals surface area contributed by atoms with Crippen LogP contribution in [-0.2, 0) is 6.42 Å². The zero-order chi connectivity index (χ0) is 13.0. The molecule has 18 heavy (non-hydrogen) atoms. The molecule has 0 radical (unpaired) electrons. The van der Waals surface area contributed by atoms with Gasteiger partial charge >= 0.3 is 0 Å². The maximum atomic E-state index is 13.4. The Morgan fingerprint density at radius 3 is 2.67 bits per heavy atom. The van der Waals surface area contributed by atoms with Crippen molar-refractivity contribution < 1.29 is 9.50 Å². The highest BCUT2D eigenvalue weighted by atomic mass is 19.1. The Balaban J connectivity index is 2.20. The van der Waals surface area contributed by atoms with E-state index in [0.717, 1.165) is 0 Å². The van der Waals surface area contributed by atoms with E-state index in [1.54, 1.807) is 42.5 Å². The van der Waals surface area contributed by atoms with Crippen LogP contribution in [0, 0.1) is 17.1 Å². The van der Waals surface area contributed by atoms with E-state index in [0.29, 0.717) is 16.7 Å². The SMILES string of the molecule is N#Cc1cccc(C(O)Cc2ccccc2F)c1. The molecule has 2 aromatic carbocycles. The molecule has 0 spiro atoms. The lowest BCUT2D eigenvalue weighted by atomic mass is 10.00. The van der Waals surface area contributed by atoms with E-state index in [4.69, 9.17) is 5.26 Å². The number of aliphatic hydroxyl groups is 1. The zero-order valence-corrected chi connectivity index (χ0v) is 9.68. The fraction of sp³-hybridized carbons (Fsp3) is 0.133. The molecule has 0 aliphatic rings. The summed E-state index contributed by atoms with van der Waals surface area (Å²) in [6.45, 7) is 0. The highest BCUT2D eigenvalue weighted by Gasteiger charge is 2.11. The molecule has 1 atom stereocenters. The minimum Gasteiger partial charge on any atom is -0.388 e. The second-order valence-electron chi connectivity index (χ2n) is 4.05. The van der Waals surface area contributed by atoms with Crippen LogP contribution in [-0.4, -0.2) is 5.11 Å². The molecule has 2 rings (SSSR count). The Kier molecular flexibility index (Phi) is 3.71. The molecule has 2 nitrogen and oxygen atoms in total. The smallest absolute Gasteiger partial charge is 0.126 e. The van der Waals surface area contributed by atoms with Gasteiger partial charge in [-0.05, 0) is 29.3 Å². The van der Waals surface area contributed by atoms with E-state index in [9.17, 15) is 9.50 Å². The van der Waals surface area contributed by atoms with Crippen LogP contribution in [0.5, 0.6) is 0 Å². The van der Waals surface area contributed by atoms with Crippen LogP contribution in [0.4, 0.5) is 4.39 Å². The van der Waals surface area contributed by atoms with Gasteiger partial charge in [0.05, 0.1) is 17.7 Å². The van der Waals surface area contributed by atoms with E-state index in [1.807, 2.05) is 6.07 Å². The van der Waals surface area contributed by atoms with Crippen molar-refractivity contribution in [1.29, 1.82) is 5.26 Å². The Hall–Kier alpha value is -2.18. The summed E-state index contributed by atoms with van der Waals surface area (Å²) in [5.74, 6) is -0.326. The third-order valence-corrected chi connectivity index (χ3v) is 2.77. The van der Waals surface area contributed by atoms with Gasteiger partial charge < -0.3 is 5.11 Å². The molecule has 0 aromatic heterocycles. The monoisotopic (exact) mass is 241 g/mol. The van der Waals surface area contributed by atoms with Crippen LogP contribution in [0.25, 0.3) is 0 Å². The first-order valence-electron chi connectivity index (χ1n) is 5.62. The molecular formula is C15H12FNO. The van der Waals surface area contributed by atoms with Gasteiger partial charge in [-0.25, -0.2) is 4.39 Å². The number of aliphatic hydroxyl groups excluding tert-OH is 1. The lowest BCUT2D eigenvalue weighted by Gasteiger charge is -2.11. The van der Waals surface area contributed by atoms with E-state index in [-0.39, 0.29) is 12.2 Å². The molecule has 0 saturated carbocycles. The van der Waals surface area contributed by atoms with Crippen LogP contribution < -0.4 is 0 Å². The molecule has 1 N–H and O–H groups in total. The van der Waals surface area contributed by atoms with Crippen LogP contribution >= 0.6 is 0 Å². The fourth-order valence-corrected chi connectivity index (χ4v) is 1.81. The van der Waals surface area contributed by atoms with E-state index in [1.165, 1.54) is 6.07 Å². The second kappa shape index (κ2) is 5.44. The van der Waals surface area contributed by atoms with Crippen molar-refractivity contribution in [3.05, 3.63) is 71.0 Å². The van der Waals surface area contributed by atoms with E-state index in [2.05, 4.69) is 0 Å². The van der Waals surface area contributed by atoms with Gasteiger partial charge in [-0.1, -0.05) is 30.3 Å². The van der Waals surface area contributed by atoms with Crippen molar-refractivity contribution in [1.82, 2.24) is 0 Å². The number of hydrogen-bond donors (Lipinski definition) is 1. The van der Waals surface area contributed by atoms with Crippen molar-refractivity contribution in [2.75, 3.05) is 0 Å². The maximum Gasteiger partial charge on any atom is 0.126 e. The molecule has 0 saturated heterocycles. The number of halogens is 1. The van der Waals surface area contributed by atoms with Crippen molar-refractivity contribution in [2.24, 2.45) is 0 Å². The molecule has 0 amide bonds. The summed E-state index contributed by atoms with van der Waals surface area (Å²) < 4.78 is 13.4. The highest BCUT2D eigenvalue weighted by molar-refractivity contribution is 5.34. The summed E-state index contributed by atoms with van der Waals surface area (Å²) in [6.07, 6.45) is -0.614. The molecular weight excluding hydrogens is 229 g/mol. The third-order valence-electron chi connectivity index (χ3n) is 2.77. The number of hydrogen-bond acceptors (Lipinski definition) is 2. The molecule has 3 heteroatoms. The third kappa shape index (κ3) is 2.73. The summed E-state index contributed by atoms with van der Waals surface area (Å²) in [4.78, 5) is 0. The highest BCUT2D eigenvalue weighted by Crippen LogP contribution is 2.20. The van der Waals surface area contributed by atoms with E-state index >= 15 is 0 Å². The molecule has 0 aliphatic carbocycles. The lowest BCUT2D eigenvalue weighted by molar-refractivity contribution is 0.177. The first kappa shape index (κ1) is 12.3. The number of rotatable bonds is 3. The molecule has 90 valence electrons. The Labute approximate surface area is 105 Å². The van der Waals surface area contributed by atoms with Gasteiger partial charge in [0.25, 0.3) is 0 Å². The number of benzene rings is 2. The van der Waals surface area contributed by atoms with Crippen molar-refractivity contribution >= 4 is 0 Å². The Bertz CT molecular complexity index is 589. The Morgan fingerprint density at radius 1 is 1.17 bits per heavy atom. The Morgan fingerprint density at radius 2 is 1.94 bits per heavy atom. The summed E-state index contributed by atoms with van der Waals surface area (Å²) in [5.41, 5.74) is 1.57. The zero-order valence-electron chi connectivity index (χ0n) is 9.68. The number of nitriles is 1. The van der Waals surface area contributed by atoms with Crippen LogP contribution in [0.15, 0.2) is 48.5 Å². The lowest BCUT2D eigenvalue weighted by Crippen LogP contribution is -2.03. The predicted molar refractivity (Wildman–Crippen MR) is 66.2 cm³/mol. The largest absolute Gasteiger partial charge is 0.388 e. The summed E-state index contributed by atoms with van der Waals surface area (Å²) in [5, 5.41) is 18.8. The van der Waals surface area contributed by atoms with Gasteiger partial charge in [-0.3, -0.25) is 0 Å². The molecule has 0 aliphatic heterocycles. The van der Waals surface area contributed by atoms with Crippen molar-refractivity contribution in [3.8, 4) is 6.07 Å². The minimum absolute atomic E-state index is 0.196. The van der Waals surface area contributed by atoms with Crippen molar-refractivity contribution in [3.63, 3.8) is 0 Å². The summed E-state index contributed by atoms with van der Waals surface area (Å²) >= 11 is 0. The molecule has 2 aromatic rings. The molecule has 0 heterocycles. The van der Waals surface area contributed by atoms with Crippen LogP contribution in [0.1, 0.15) is 22.8 Å². The minimum atomic E-state index is -0.810. The van der Waals surface area contributed by atoms with Crippen LogP contribution in [0.3, 0.4) is 0 Å². The summed E-state index contributed by atoms with van der Waals surface area (Å²) in [7, 11) is 0. The quantitative estimate of drug-likeness (QED) is 0.897. The van der Waals surface area contributed by atoms with Crippen LogP contribution in [0.2, 0.25) is 0 Å². The van der Waals surface area contributed by atoms with Gasteiger partial charge in [0.15, 0.2) is 0 Å². The molecule has 0 fully saturated rings. The van der Waals surface area contributed by atoms with Gasteiger partial charge in [0.1, 0.15) is 5.82 Å². The topological polar surface area (TPSA) is 44.0 Å². The van der Waals surface area contributed by atoms with E-state index < -0.39 is 6.10 Å². The average molecular weight is 241 g/mol. The van der Waals surface area contributed by atoms with Gasteiger partial charge in [-0.15, -0.1) is 0 Å². The van der Waals surface area contributed by atoms with Gasteiger partial charge in [-0.2, -0.15) is 5.26 Å². The average Bonchev–Trinajstić information content (AvgIpc) is 2.41. The molecule has 0 bridgehead atoms. The van der Waals surface area contributed by atoms with Crippen molar-refractivity contribution in [2.45, 2.75) is 12.5 Å². The standard InChI is InChI=1S/C15H12FNO/c16-14-7-2-1-5-12(14)9-15(18)13-6-3-4-11(8-13)10-17/h1-8,15,18H,9H2. The normalized spacial score (nSPS) is 11.8. The van der Waals surface area contributed by atoms with Gasteiger partial charge in [0.2, 0.25) is 0 Å². The first-order chi connectivity index (χ1) is 8.70. The molecule has 1 unspecified atom stereocenters. The second-order valence-corrected chi connectivity index (χ2v) is 4.05.